The largest absolute Gasteiger partial charge is 0.493 e. The molecular formula is C22H25BO4. The average molecular weight is 364 g/mol. The lowest BCUT2D eigenvalue weighted by atomic mass is 9.78. The van der Waals surface area contributed by atoms with Crippen LogP contribution >= 0.6 is 0 Å². The third-order valence-corrected chi connectivity index (χ3v) is 5.84. The van der Waals surface area contributed by atoms with Gasteiger partial charge in [0.2, 0.25) is 0 Å². The van der Waals surface area contributed by atoms with Crippen LogP contribution in [0.3, 0.4) is 0 Å². The molecule has 0 radical (unpaired) electrons. The first-order chi connectivity index (χ1) is 12.8. The molecule has 3 aromatic rings. The second-order valence-corrected chi connectivity index (χ2v) is 7.75. The molecule has 0 aromatic heterocycles. The Morgan fingerprint density at radius 2 is 1.52 bits per heavy atom. The number of hydrogen-bond donors (Lipinski definition) is 0. The predicted octanol–water partition coefficient (Wildman–Crippen LogP) is 5.17. The van der Waals surface area contributed by atoms with Crippen LogP contribution in [0.15, 0.2) is 42.5 Å². The highest BCUT2D eigenvalue weighted by molar-refractivity contribution is 6.43. The summed E-state index contributed by atoms with van der Waals surface area (Å²) in [5, 5.41) is 4.53. The number of hydrogen-bond acceptors (Lipinski definition) is 4. The zero-order valence-electron chi connectivity index (χ0n) is 16.8. The highest BCUT2D eigenvalue weighted by Crippen LogP contribution is 2.53. The van der Waals surface area contributed by atoms with Crippen LogP contribution in [-0.4, -0.2) is 26.9 Å². The minimum atomic E-state index is -0.701. The molecule has 0 saturated carbocycles. The summed E-state index contributed by atoms with van der Waals surface area (Å²) in [6.45, 7) is 8.12. The normalized spacial score (nSPS) is 21.8. The topological polar surface area (TPSA) is 36.9 Å². The molecule has 0 aliphatic carbocycles. The van der Waals surface area contributed by atoms with Crippen LogP contribution in [0.4, 0.5) is 0 Å². The van der Waals surface area contributed by atoms with E-state index in [0.717, 1.165) is 16.3 Å². The summed E-state index contributed by atoms with van der Waals surface area (Å²) in [6, 6.07) is 14.8. The summed E-state index contributed by atoms with van der Waals surface area (Å²) in [5.41, 5.74) is -0.281. The Morgan fingerprint density at radius 3 is 2.07 bits per heavy atom. The fourth-order valence-corrected chi connectivity index (χ4v) is 4.26. The highest BCUT2D eigenvalue weighted by atomic mass is 16.7. The molecule has 1 fully saturated rings. The fourth-order valence-electron chi connectivity index (χ4n) is 4.26. The summed E-state index contributed by atoms with van der Waals surface area (Å²) >= 11 is 0. The Bertz CT molecular complexity index is 1030. The summed E-state index contributed by atoms with van der Waals surface area (Å²) in [6.07, 6.45) is 0. The Hall–Kier alpha value is -2.24. The van der Waals surface area contributed by atoms with Gasteiger partial charge in [-0.15, -0.1) is 0 Å². The van der Waals surface area contributed by atoms with Crippen molar-refractivity contribution in [3.8, 4) is 11.5 Å². The van der Waals surface area contributed by atoms with Crippen LogP contribution in [0.5, 0.6) is 11.5 Å². The van der Waals surface area contributed by atoms with E-state index in [2.05, 4.69) is 57.2 Å². The second-order valence-electron chi connectivity index (χ2n) is 7.75. The van der Waals surface area contributed by atoms with Crippen molar-refractivity contribution in [2.24, 2.45) is 0 Å². The number of rotatable bonds is 3. The summed E-state index contributed by atoms with van der Waals surface area (Å²) in [7, 11) is 3.02. The highest BCUT2D eigenvalue weighted by Gasteiger charge is 2.55. The van der Waals surface area contributed by atoms with Gasteiger partial charge in [-0.25, -0.2) is 0 Å². The molecule has 0 N–H and O–H groups in total. The molecule has 1 aliphatic rings. The quantitative estimate of drug-likeness (QED) is 0.475. The smallest absolute Gasteiger partial charge is 0.454 e. The molecule has 0 spiro atoms. The maximum absolute atomic E-state index is 6.35. The third-order valence-electron chi connectivity index (χ3n) is 5.84. The number of ether oxygens (including phenoxy) is 2. The Morgan fingerprint density at radius 1 is 0.852 bits per heavy atom. The molecule has 3 aromatic carbocycles. The van der Waals surface area contributed by atoms with Gasteiger partial charge in [0.1, 0.15) is 5.60 Å². The van der Waals surface area contributed by atoms with Gasteiger partial charge in [0.15, 0.2) is 11.5 Å². The van der Waals surface area contributed by atoms with E-state index in [1.165, 1.54) is 10.8 Å². The van der Waals surface area contributed by atoms with Crippen molar-refractivity contribution in [2.75, 3.05) is 14.2 Å². The van der Waals surface area contributed by atoms with Crippen molar-refractivity contribution in [3.05, 3.63) is 48.0 Å². The van der Waals surface area contributed by atoms with E-state index in [4.69, 9.17) is 18.8 Å². The summed E-state index contributed by atoms with van der Waals surface area (Å²) in [5.74, 6) is 1.38. The summed E-state index contributed by atoms with van der Waals surface area (Å²) in [4.78, 5) is 0. The maximum Gasteiger partial charge on any atom is 0.454 e. The van der Waals surface area contributed by atoms with Crippen LogP contribution in [0.2, 0.25) is 6.82 Å². The van der Waals surface area contributed by atoms with Crippen LogP contribution in [0, 0.1) is 0 Å². The standard InChI is InChI=1S/C22H25BO4/c1-21(2)22(3,27-23(4)26-21)19-17-12-15-10-8-7-9-14(15)11-16(17)13-18(24-5)20(19)25-6/h7-13H,1-6H3. The molecule has 1 heterocycles. The molecule has 1 aliphatic heterocycles. The molecular weight excluding hydrogens is 339 g/mol. The molecule has 0 bridgehead atoms. The summed E-state index contributed by atoms with van der Waals surface area (Å²) < 4.78 is 24.0. The van der Waals surface area contributed by atoms with Crippen molar-refractivity contribution in [2.45, 2.75) is 38.8 Å². The molecule has 27 heavy (non-hydrogen) atoms. The van der Waals surface area contributed by atoms with Gasteiger partial charge in [-0.2, -0.15) is 0 Å². The first-order valence-electron chi connectivity index (χ1n) is 9.24. The molecule has 4 rings (SSSR count). The van der Waals surface area contributed by atoms with Crippen LogP contribution < -0.4 is 9.47 Å². The van der Waals surface area contributed by atoms with Gasteiger partial charge in [0, 0.05) is 5.56 Å². The second kappa shape index (κ2) is 6.15. The molecule has 0 amide bonds. The average Bonchev–Trinajstić information content (AvgIpc) is 2.85. The van der Waals surface area contributed by atoms with Gasteiger partial charge in [-0.3, -0.25) is 0 Å². The first kappa shape index (κ1) is 18.1. The molecule has 4 nitrogen and oxygen atoms in total. The molecule has 5 heteroatoms. The van der Waals surface area contributed by atoms with Gasteiger partial charge >= 0.3 is 7.12 Å². The molecule has 1 unspecified atom stereocenters. The van der Waals surface area contributed by atoms with Crippen molar-refractivity contribution in [1.29, 1.82) is 0 Å². The van der Waals surface area contributed by atoms with E-state index in [-0.39, 0.29) is 7.12 Å². The SMILES string of the molecule is COc1cc2cc3ccccc3cc2c(C2(C)OB(C)OC2(C)C)c1OC. The van der Waals surface area contributed by atoms with E-state index < -0.39 is 11.2 Å². The minimum Gasteiger partial charge on any atom is -0.493 e. The predicted molar refractivity (Wildman–Crippen MR) is 110 cm³/mol. The monoisotopic (exact) mass is 364 g/mol. The zero-order chi connectivity index (χ0) is 19.4. The van der Waals surface area contributed by atoms with Gasteiger partial charge in [-0.05, 0) is 67.3 Å². The van der Waals surface area contributed by atoms with Gasteiger partial charge < -0.3 is 18.8 Å². The number of methoxy groups -OCH3 is 2. The van der Waals surface area contributed by atoms with E-state index in [1.807, 2.05) is 12.9 Å². The van der Waals surface area contributed by atoms with Crippen molar-refractivity contribution in [1.82, 2.24) is 0 Å². The van der Waals surface area contributed by atoms with Gasteiger partial charge in [0.05, 0.1) is 19.8 Å². The number of benzene rings is 3. The van der Waals surface area contributed by atoms with Crippen molar-refractivity contribution < 1.29 is 18.8 Å². The van der Waals surface area contributed by atoms with E-state index in [0.29, 0.717) is 11.5 Å². The van der Waals surface area contributed by atoms with Crippen LogP contribution in [-0.2, 0) is 14.9 Å². The van der Waals surface area contributed by atoms with Crippen LogP contribution in [0.1, 0.15) is 26.3 Å². The first-order valence-corrected chi connectivity index (χ1v) is 9.24. The van der Waals surface area contributed by atoms with E-state index in [1.54, 1.807) is 14.2 Å². The molecule has 140 valence electrons. The minimum absolute atomic E-state index is 0.309. The lowest BCUT2D eigenvalue weighted by Gasteiger charge is -2.38. The van der Waals surface area contributed by atoms with E-state index >= 15 is 0 Å². The van der Waals surface area contributed by atoms with Gasteiger partial charge in [-0.1, -0.05) is 24.3 Å². The Kier molecular flexibility index (Phi) is 4.13. The van der Waals surface area contributed by atoms with Crippen LogP contribution in [0.25, 0.3) is 21.5 Å². The fraction of sp³-hybridized carbons (Fsp3) is 0.364. The van der Waals surface area contributed by atoms with Crippen molar-refractivity contribution >= 4 is 28.7 Å². The molecule has 1 atom stereocenters. The third kappa shape index (κ3) is 2.60. The lowest BCUT2D eigenvalue weighted by molar-refractivity contribution is -0.0139. The Balaban J connectivity index is 2.15. The number of fused-ring (bicyclic) bond motifs is 2. The zero-order valence-corrected chi connectivity index (χ0v) is 16.8. The Labute approximate surface area is 160 Å². The van der Waals surface area contributed by atoms with E-state index in [9.17, 15) is 0 Å². The van der Waals surface area contributed by atoms with Crippen molar-refractivity contribution in [3.63, 3.8) is 0 Å². The lowest BCUT2D eigenvalue weighted by Crippen LogP contribution is -2.42. The molecule has 1 saturated heterocycles. The maximum atomic E-state index is 6.35. The van der Waals surface area contributed by atoms with Gasteiger partial charge in [0.25, 0.3) is 0 Å².